The monoisotopic (exact) mass is 220 g/mol. The first kappa shape index (κ1) is 10.1. The van der Waals surface area contributed by atoms with Crippen LogP contribution in [-0.4, -0.2) is 15.1 Å². The summed E-state index contributed by atoms with van der Waals surface area (Å²) < 4.78 is 4.56. The minimum absolute atomic E-state index is 0.0399. The van der Waals surface area contributed by atoms with E-state index >= 15 is 0 Å². The minimum atomic E-state index is -0.445. The summed E-state index contributed by atoms with van der Waals surface area (Å²) >= 11 is 0. The van der Waals surface area contributed by atoms with E-state index < -0.39 is 4.92 Å². The second kappa shape index (κ2) is 4.39. The van der Waals surface area contributed by atoms with Crippen LogP contribution in [0, 0.1) is 10.1 Å². The molecular weight excluding hydrogens is 212 g/mol. The Kier molecular flexibility index (Phi) is 2.77. The van der Waals surface area contributed by atoms with Crippen LogP contribution in [0.2, 0.25) is 0 Å². The SMILES string of the molecule is O=[N+]([O-])c1cccc(NCc2ncon2)c1. The summed E-state index contributed by atoms with van der Waals surface area (Å²) in [5, 5.41) is 17.1. The molecule has 2 rings (SSSR count). The normalized spacial score (nSPS) is 10.0. The molecule has 0 unspecified atom stereocenters. The fourth-order valence-corrected chi connectivity index (χ4v) is 1.18. The first-order chi connectivity index (χ1) is 7.75. The van der Waals surface area contributed by atoms with Gasteiger partial charge in [0.25, 0.3) is 5.69 Å². The highest BCUT2D eigenvalue weighted by atomic mass is 16.6. The summed E-state index contributed by atoms with van der Waals surface area (Å²) in [6, 6.07) is 6.21. The van der Waals surface area contributed by atoms with Crippen molar-refractivity contribution in [1.29, 1.82) is 0 Å². The van der Waals surface area contributed by atoms with Crippen LogP contribution in [0.25, 0.3) is 0 Å². The van der Waals surface area contributed by atoms with Gasteiger partial charge in [-0.3, -0.25) is 10.1 Å². The predicted molar refractivity (Wildman–Crippen MR) is 54.7 cm³/mol. The van der Waals surface area contributed by atoms with E-state index in [1.165, 1.54) is 18.5 Å². The molecule has 0 amide bonds. The molecule has 2 aromatic rings. The summed E-state index contributed by atoms with van der Waals surface area (Å²) in [5.74, 6) is 0.492. The molecule has 0 radical (unpaired) electrons. The van der Waals surface area contributed by atoms with Gasteiger partial charge in [-0.1, -0.05) is 11.2 Å². The molecule has 7 heteroatoms. The molecule has 0 bridgehead atoms. The maximum atomic E-state index is 10.5. The highest BCUT2D eigenvalue weighted by molar-refractivity contribution is 5.50. The number of hydrogen-bond acceptors (Lipinski definition) is 6. The molecule has 1 heterocycles. The molecule has 1 N–H and O–H groups in total. The van der Waals surface area contributed by atoms with Gasteiger partial charge in [0.2, 0.25) is 6.39 Å². The zero-order valence-corrected chi connectivity index (χ0v) is 8.16. The van der Waals surface area contributed by atoms with Gasteiger partial charge in [-0.15, -0.1) is 0 Å². The molecule has 0 saturated heterocycles. The number of non-ortho nitro benzene ring substituents is 1. The Morgan fingerprint density at radius 2 is 2.38 bits per heavy atom. The Hall–Kier alpha value is -2.44. The molecule has 0 saturated carbocycles. The second-order valence-corrected chi connectivity index (χ2v) is 3.01. The van der Waals surface area contributed by atoms with E-state index in [0.29, 0.717) is 18.1 Å². The summed E-state index contributed by atoms with van der Waals surface area (Å²) in [4.78, 5) is 13.9. The van der Waals surface area contributed by atoms with E-state index in [1.807, 2.05) is 0 Å². The number of nitrogens with one attached hydrogen (secondary N) is 1. The molecule has 0 aliphatic heterocycles. The van der Waals surface area contributed by atoms with Crippen molar-refractivity contribution in [2.45, 2.75) is 6.54 Å². The van der Waals surface area contributed by atoms with Crippen molar-refractivity contribution in [3.8, 4) is 0 Å². The number of aromatic nitrogens is 2. The zero-order chi connectivity index (χ0) is 11.4. The molecule has 0 fully saturated rings. The van der Waals surface area contributed by atoms with Gasteiger partial charge in [-0.25, -0.2) is 0 Å². The third-order valence-corrected chi connectivity index (χ3v) is 1.91. The highest BCUT2D eigenvalue weighted by Crippen LogP contribution is 2.17. The number of hydrogen-bond donors (Lipinski definition) is 1. The fourth-order valence-electron chi connectivity index (χ4n) is 1.18. The lowest BCUT2D eigenvalue weighted by Crippen LogP contribution is -2.01. The highest BCUT2D eigenvalue weighted by Gasteiger charge is 2.05. The number of nitro benzene ring substituents is 1. The maximum Gasteiger partial charge on any atom is 0.271 e. The van der Waals surface area contributed by atoms with E-state index in [0.717, 1.165) is 0 Å². The van der Waals surface area contributed by atoms with Gasteiger partial charge in [0.1, 0.15) is 0 Å². The molecule has 16 heavy (non-hydrogen) atoms. The van der Waals surface area contributed by atoms with E-state index in [-0.39, 0.29) is 5.69 Å². The van der Waals surface area contributed by atoms with Crippen molar-refractivity contribution in [1.82, 2.24) is 10.1 Å². The van der Waals surface area contributed by atoms with Gasteiger partial charge in [-0.05, 0) is 6.07 Å². The summed E-state index contributed by atoms with van der Waals surface area (Å²) in [7, 11) is 0. The third kappa shape index (κ3) is 2.32. The van der Waals surface area contributed by atoms with E-state index in [9.17, 15) is 10.1 Å². The Labute approximate surface area is 90.2 Å². The Morgan fingerprint density at radius 3 is 3.06 bits per heavy atom. The minimum Gasteiger partial charge on any atom is -0.377 e. The van der Waals surface area contributed by atoms with Gasteiger partial charge >= 0.3 is 0 Å². The average molecular weight is 220 g/mol. The first-order valence-electron chi connectivity index (χ1n) is 4.49. The van der Waals surface area contributed by atoms with Crippen LogP contribution in [-0.2, 0) is 6.54 Å². The van der Waals surface area contributed by atoms with Crippen LogP contribution in [0.1, 0.15) is 5.82 Å². The Balaban J connectivity index is 2.04. The standard InChI is InChI=1S/C9H8N4O3/c14-13(15)8-3-1-2-7(4-8)10-5-9-11-6-16-12-9/h1-4,6,10H,5H2. The Bertz CT molecular complexity index is 483. The maximum absolute atomic E-state index is 10.5. The third-order valence-electron chi connectivity index (χ3n) is 1.91. The second-order valence-electron chi connectivity index (χ2n) is 3.01. The van der Waals surface area contributed by atoms with Gasteiger partial charge in [0.15, 0.2) is 5.82 Å². The fraction of sp³-hybridized carbons (Fsp3) is 0.111. The van der Waals surface area contributed by atoms with Crippen molar-refractivity contribution in [3.63, 3.8) is 0 Å². The largest absolute Gasteiger partial charge is 0.377 e. The smallest absolute Gasteiger partial charge is 0.271 e. The molecular formula is C9H8N4O3. The average Bonchev–Trinajstić information content (AvgIpc) is 2.79. The van der Waals surface area contributed by atoms with Gasteiger partial charge in [0.05, 0.1) is 11.5 Å². The van der Waals surface area contributed by atoms with Crippen LogP contribution < -0.4 is 5.32 Å². The molecule has 0 atom stereocenters. The Morgan fingerprint density at radius 1 is 1.50 bits per heavy atom. The molecule has 1 aromatic carbocycles. The lowest BCUT2D eigenvalue weighted by atomic mass is 10.3. The van der Waals surface area contributed by atoms with Crippen LogP contribution >= 0.6 is 0 Å². The molecule has 82 valence electrons. The van der Waals surface area contributed by atoms with Crippen molar-refractivity contribution in [2.24, 2.45) is 0 Å². The van der Waals surface area contributed by atoms with Crippen molar-refractivity contribution in [2.75, 3.05) is 5.32 Å². The van der Waals surface area contributed by atoms with Crippen molar-refractivity contribution < 1.29 is 9.45 Å². The topological polar surface area (TPSA) is 94.1 Å². The van der Waals surface area contributed by atoms with E-state index in [4.69, 9.17) is 0 Å². The molecule has 0 spiro atoms. The van der Waals surface area contributed by atoms with Gasteiger partial charge in [0, 0.05) is 17.8 Å². The predicted octanol–water partition coefficient (Wildman–Crippen LogP) is 1.59. The lowest BCUT2D eigenvalue weighted by Gasteiger charge is -2.02. The van der Waals surface area contributed by atoms with Crippen LogP contribution in [0.15, 0.2) is 35.2 Å². The number of benzene rings is 1. The van der Waals surface area contributed by atoms with Crippen molar-refractivity contribution >= 4 is 11.4 Å². The molecule has 0 aliphatic rings. The van der Waals surface area contributed by atoms with Gasteiger partial charge < -0.3 is 9.84 Å². The number of nitrogens with zero attached hydrogens (tertiary/aromatic N) is 3. The zero-order valence-electron chi connectivity index (χ0n) is 8.16. The number of rotatable bonds is 4. The van der Waals surface area contributed by atoms with E-state index in [1.54, 1.807) is 12.1 Å². The number of nitro groups is 1. The summed E-state index contributed by atoms with van der Waals surface area (Å²) in [5.41, 5.74) is 0.678. The summed E-state index contributed by atoms with van der Waals surface area (Å²) in [6.07, 6.45) is 1.23. The summed E-state index contributed by atoms with van der Waals surface area (Å²) in [6.45, 7) is 0.359. The molecule has 7 nitrogen and oxygen atoms in total. The first-order valence-corrected chi connectivity index (χ1v) is 4.49. The van der Waals surface area contributed by atoms with Crippen LogP contribution in [0.4, 0.5) is 11.4 Å². The van der Waals surface area contributed by atoms with Gasteiger partial charge in [-0.2, -0.15) is 4.98 Å². The quantitative estimate of drug-likeness (QED) is 0.621. The van der Waals surface area contributed by atoms with E-state index in [2.05, 4.69) is 20.0 Å². The number of anilines is 1. The van der Waals surface area contributed by atoms with Crippen LogP contribution in [0.3, 0.4) is 0 Å². The van der Waals surface area contributed by atoms with Crippen LogP contribution in [0.5, 0.6) is 0 Å². The lowest BCUT2D eigenvalue weighted by molar-refractivity contribution is -0.384. The van der Waals surface area contributed by atoms with Crippen molar-refractivity contribution in [3.05, 3.63) is 46.6 Å². The molecule has 0 aliphatic carbocycles. The molecule has 1 aromatic heterocycles.